The van der Waals surface area contributed by atoms with E-state index < -0.39 is 9.84 Å². The third-order valence-corrected chi connectivity index (χ3v) is 7.66. The zero-order chi connectivity index (χ0) is 21.2. The van der Waals surface area contributed by atoms with E-state index in [2.05, 4.69) is 10.6 Å². The van der Waals surface area contributed by atoms with Crippen molar-refractivity contribution in [2.24, 2.45) is 5.92 Å². The van der Waals surface area contributed by atoms with Gasteiger partial charge in [0.2, 0.25) is 11.8 Å². The average Bonchev–Trinajstić information content (AvgIpc) is 2.77. The largest absolute Gasteiger partial charge is 0.326 e. The van der Waals surface area contributed by atoms with Gasteiger partial charge in [-0.15, -0.1) is 11.8 Å². The predicted molar refractivity (Wildman–Crippen MR) is 116 cm³/mol. The van der Waals surface area contributed by atoms with E-state index >= 15 is 0 Å². The Bertz CT molecular complexity index is 1040. The monoisotopic (exact) mass is 432 g/mol. The molecule has 29 heavy (non-hydrogen) atoms. The van der Waals surface area contributed by atoms with Crippen LogP contribution >= 0.6 is 11.8 Å². The van der Waals surface area contributed by atoms with Gasteiger partial charge in [-0.3, -0.25) is 9.59 Å². The molecule has 0 aromatic heterocycles. The number of hydrogen-bond acceptors (Lipinski definition) is 5. The number of sulfone groups is 1. The summed E-state index contributed by atoms with van der Waals surface area (Å²) in [5.41, 5.74) is 3.20. The molecule has 0 saturated heterocycles. The van der Waals surface area contributed by atoms with Crippen molar-refractivity contribution in [3.63, 3.8) is 0 Å². The maximum atomic E-state index is 12.7. The SMILES string of the molecule is Cc1cc(C)cc(NC(=O)CCS(=O)(=O)c2ccc3c(c2)NC(=O)C(C)CS3)c1. The second-order valence-corrected chi connectivity index (χ2v) is 10.5. The van der Waals surface area contributed by atoms with Crippen molar-refractivity contribution in [1.29, 1.82) is 0 Å². The Morgan fingerprint density at radius 3 is 2.55 bits per heavy atom. The lowest BCUT2D eigenvalue weighted by Crippen LogP contribution is -2.20. The molecule has 0 spiro atoms. The molecule has 1 atom stereocenters. The van der Waals surface area contributed by atoms with Crippen molar-refractivity contribution in [1.82, 2.24) is 0 Å². The molecule has 154 valence electrons. The van der Waals surface area contributed by atoms with Crippen molar-refractivity contribution >= 4 is 44.8 Å². The van der Waals surface area contributed by atoms with Crippen molar-refractivity contribution in [3.05, 3.63) is 47.5 Å². The van der Waals surface area contributed by atoms with Gasteiger partial charge in [0.15, 0.2) is 9.84 Å². The number of carbonyl (C=O) groups is 2. The van der Waals surface area contributed by atoms with Crippen molar-refractivity contribution in [2.45, 2.75) is 37.0 Å². The Kier molecular flexibility index (Phi) is 6.33. The first-order valence-electron chi connectivity index (χ1n) is 9.33. The van der Waals surface area contributed by atoms with Gasteiger partial charge in [0.25, 0.3) is 0 Å². The Labute approximate surface area is 175 Å². The highest BCUT2D eigenvalue weighted by Crippen LogP contribution is 2.34. The fraction of sp³-hybridized carbons (Fsp3) is 0.333. The molecule has 0 aliphatic carbocycles. The van der Waals surface area contributed by atoms with Gasteiger partial charge in [-0.2, -0.15) is 0 Å². The quantitative estimate of drug-likeness (QED) is 0.750. The van der Waals surface area contributed by atoms with Gasteiger partial charge in [0.1, 0.15) is 0 Å². The summed E-state index contributed by atoms with van der Waals surface area (Å²) in [5, 5.41) is 5.54. The lowest BCUT2D eigenvalue weighted by Gasteiger charge is -2.11. The van der Waals surface area contributed by atoms with E-state index in [0.29, 0.717) is 17.1 Å². The summed E-state index contributed by atoms with van der Waals surface area (Å²) in [5.74, 6) is -0.297. The number of thioether (sulfide) groups is 1. The predicted octanol–water partition coefficient (Wildman–Crippen LogP) is 3.79. The molecule has 2 aromatic carbocycles. The second-order valence-electron chi connectivity index (χ2n) is 7.35. The molecule has 1 unspecified atom stereocenters. The number of anilines is 2. The Hall–Kier alpha value is -2.32. The van der Waals surface area contributed by atoms with E-state index in [0.717, 1.165) is 16.0 Å². The van der Waals surface area contributed by atoms with Crippen LogP contribution in [0.5, 0.6) is 0 Å². The van der Waals surface area contributed by atoms with Crippen LogP contribution in [0.1, 0.15) is 24.5 Å². The summed E-state index contributed by atoms with van der Waals surface area (Å²) in [4.78, 5) is 25.2. The summed E-state index contributed by atoms with van der Waals surface area (Å²) in [6.07, 6.45) is -0.148. The normalized spacial score (nSPS) is 16.5. The van der Waals surface area contributed by atoms with E-state index in [1.807, 2.05) is 39.0 Å². The molecule has 2 aromatic rings. The second kappa shape index (κ2) is 8.59. The topological polar surface area (TPSA) is 92.3 Å². The van der Waals surface area contributed by atoms with Gasteiger partial charge in [-0.05, 0) is 55.3 Å². The van der Waals surface area contributed by atoms with Gasteiger partial charge in [0, 0.05) is 28.7 Å². The summed E-state index contributed by atoms with van der Waals surface area (Å²) < 4.78 is 25.4. The van der Waals surface area contributed by atoms with Gasteiger partial charge in [0.05, 0.1) is 16.3 Å². The van der Waals surface area contributed by atoms with E-state index in [1.54, 1.807) is 6.07 Å². The van der Waals surface area contributed by atoms with E-state index in [-0.39, 0.29) is 34.8 Å². The molecular formula is C21H24N2O4S2. The van der Waals surface area contributed by atoms with Crippen LogP contribution in [-0.2, 0) is 19.4 Å². The number of aryl methyl sites for hydroxylation is 2. The molecule has 0 radical (unpaired) electrons. The van der Waals surface area contributed by atoms with Crippen LogP contribution < -0.4 is 10.6 Å². The molecule has 2 N–H and O–H groups in total. The molecule has 0 bridgehead atoms. The van der Waals surface area contributed by atoms with Crippen molar-refractivity contribution < 1.29 is 18.0 Å². The van der Waals surface area contributed by atoms with Crippen LogP contribution in [0.3, 0.4) is 0 Å². The van der Waals surface area contributed by atoms with Crippen LogP contribution in [-0.4, -0.2) is 31.7 Å². The zero-order valence-electron chi connectivity index (χ0n) is 16.6. The standard InChI is InChI=1S/C21H24N2O4S2/c1-13-8-14(2)10-16(9-13)22-20(24)6-7-29(26,27)17-4-5-19-18(11-17)23-21(25)15(3)12-28-19/h4-5,8-11,15H,6-7,12H2,1-3H3,(H,22,24)(H,23,25). The van der Waals surface area contributed by atoms with Crippen LogP contribution in [0.25, 0.3) is 0 Å². The maximum Gasteiger partial charge on any atom is 0.228 e. The molecule has 0 saturated carbocycles. The molecule has 1 heterocycles. The van der Waals surface area contributed by atoms with Crippen molar-refractivity contribution in [3.8, 4) is 0 Å². The molecule has 2 amide bonds. The average molecular weight is 433 g/mol. The highest BCUT2D eigenvalue weighted by Gasteiger charge is 2.23. The molecule has 1 aliphatic rings. The number of carbonyl (C=O) groups excluding carboxylic acids is 2. The third kappa shape index (κ3) is 5.39. The summed E-state index contributed by atoms with van der Waals surface area (Å²) in [7, 11) is -3.66. The highest BCUT2D eigenvalue weighted by molar-refractivity contribution is 7.99. The van der Waals surface area contributed by atoms with Gasteiger partial charge < -0.3 is 10.6 Å². The number of nitrogens with one attached hydrogen (secondary N) is 2. The maximum absolute atomic E-state index is 12.7. The molecule has 1 aliphatic heterocycles. The minimum atomic E-state index is -3.66. The molecule has 0 fully saturated rings. The molecule has 8 heteroatoms. The summed E-state index contributed by atoms with van der Waals surface area (Å²) in [6.45, 7) is 5.70. The van der Waals surface area contributed by atoms with Crippen LogP contribution in [0, 0.1) is 19.8 Å². The minimum Gasteiger partial charge on any atom is -0.326 e. The summed E-state index contributed by atoms with van der Waals surface area (Å²) >= 11 is 1.52. The van der Waals surface area contributed by atoms with Crippen LogP contribution in [0.2, 0.25) is 0 Å². The smallest absolute Gasteiger partial charge is 0.228 e. The number of rotatable bonds is 5. The zero-order valence-corrected chi connectivity index (χ0v) is 18.2. The highest BCUT2D eigenvalue weighted by atomic mass is 32.2. The van der Waals surface area contributed by atoms with Crippen LogP contribution in [0.15, 0.2) is 46.2 Å². The first kappa shape index (κ1) is 21.4. The third-order valence-electron chi connectivity index (χ3n) is 4.61. The summed E-state index contributed by atoms with van der Waals surface area (Å²) in [6, 6.07) is 10.4. The first-order chi connectivity index (χ1) is 13.6. The lowest BCUT2D eigenvalue weighted by atomic mass is 10.1. The Balaban J connectivity index is 1.69. The fourth-order valence-electron chi connectivity index (χ4n) is 3.09. The first-order valence-corrected chi connectivity index (χ1v) is 12.0. The number of amides is 2. The minimum absolute atomic E-state index is 0.103. The lowest BCUT2D eigenvalue weighted by molar-refractivity contribution is -0.118. The van der Waals surface area contributed by atoms with E-state index in [1.165, 1.54) is 23.9 Å². The van der Waals surface area contributed by atoms with Crippen LogP contribution in [0.4, 0.5) is 11.4 Å². The molecular weight excluding hydrogens is 408 g/mol. The Morgan fingerprint density at radius 1 is 1.17 bits per heavy atom. The Morgan fingerprint density at radius 2 is 1.86 bits per heavy atom. The number of hydrogen-bond donors (Lipinski definition) is 2. The molecule has 3 rings (SSSR count). The van der Waals surface area contributed by atoms with Gasteiger partial charge in [-0.25, -0.2) is 8.42 Å². The fourth-order valence-corrected chi connectivity index (χ4v) is 5.36. The number of benzene rings is 2. The van der Waals surface area contributed by atoms with E-state index in [9.17, 15) is 18.0 Å². The van der Waals surface area contributed by atoms with E-state index in [4.69, 9.17) is 0 Å². The molecule has 6 nitrogen and oxygen atoms in total. The van der Waals surface area contributed by atoms with Gasteiger partial charge in [-0.1, -0.05) is 13.0 Å². The van der Waals surface area contributed by atoms with Crippen molar-refractivity contribution in [2.75, 3.05) is 22.1 Å². The van der Waals surface area contributed by atoms with Gasteiger partial charge >= 0.3 is 0 Å². The number of fused-ring (bicyclic) bond motifs is 1.